The molecular formula is C13H26O3. The first-order valence-electron chi connectivity index (χ1n) is 6.23. The van der Waals surface area contributed by atoms with Gasteiger partial charge >= 0.3 is 0 Å². The number of aliphatic hydroxyl groups is 1. The predicted octanol–water partition coefficient (Wildman–Crippen LogP) is 2.43. The summed E-state index contributed by atoms with van der Waals surface area (Å²) in [4.78, 5) is 0. The molecule has 2 atom stereocenters. The highest BCUT2D eigenvalue weighted by molar-refractivity contribution is 4.79. The SMILES string of the molecule is CC(C)C(CC(O)C(C)(C)C)C1OCCO1. The van der Waals surface area contributed by atoms with Crippen LogP contribution in [-0.4, -0.2) is 30.7 Å². The molecule has 0 aromatic heterocycles. The van der Waals surface area contributed by atoms with Crippen molar-refractivity contribution in [2.45, 2.75) is 53.4 Å². The van der Waals surface area contributed by atoms with Gasteiger partial charge in [-0.15, -0.1) is 0 Å². The van der Waals surface area contributed by atoms with Crippen LogP contribution in [-0.2, 0) is 9.47 Å². The lowest BCUT2D eigenvalue weighted by Crippen LogP contribution is -2.35. The summed E-state index contributed by atoms with van der Waals surface area (Å²) in [5.74, 6) is 0.733. The molecule has 0 saturated carbocycles. The Morgan fingerprint density at radius 2 is 1.69 bits per heavy atom. The average Bonchev–Trinajstić information content (AvgIpc) is 2.63. The summed E-state index contributed by atoms with van der Waals surface area (Å²) in [6.07, 6.45) is 0.302. The highest BCUT2D eigenvalue weighted by Crippen LogP contribution is 2.32. The Morgan fingerprint density at radius 3 is 2.06 bits per heavy atom. The van der Waals surface area contributed by atoms with Crippen molar-refractivity contribution >= 4 is 0 Å². The van der Waals surface area contributed by atoms with Crippen molar-refractivity contribution in [3.05, 3.63) is 0 Å². The molecule has 0 amide bonds. The summed E-state index contributed by atoms with van der Waals surface area (Å²) in [6, 6.07) is 0. The smallest absolute Gasteiger partial charge is 0.160 e. The van der Waals surface area contributed by atoms with Gasteiger partial charge in [0.15, 0.2) is 6.29 Å². The standard InChI is InChI=1S/C13H26O3/c1-9(2)10(12-15-6-7-16-12)8-11(14)13(3,4)5/h9-12,14H,6-8H2,1-5H3. The Balaban J connectivity index is 2.57. The number of hydrogen-bond donors (Lipinski definition) is 1. The fourth-order valence-electron chi connectivity index (χ4n) is 1.93. The third kappa shape index (κ3) is 3.72. The van der Waals surface area contributed by atoms with Crippen molar-refractivity contribution in [3.8, 4) is 0 Å². The van der Waals surface area contributed by atoms with Crippen LogP contribution in [0.15, 0.2) is 0 Å². The fourth-order valence-corrected chi connectivity index (χ4v) is 1.93. The van der Waals surface area contributed by atoms with Crippen LogP contribution in [0.4, 0.5) is 0 Å². The maximum atomic E-state index is 10.2. The minimum absolute atomic E-state index is 0.0776. The third-order valence-electron chi connectivity index (χ3n) is 3.35. The van der Waals surface area contributed by atoms with E-state index in [9.17, 15) is 5.11 Å². The van der Waals surface area contributed by atoms with Crippen LogP contribution >= 0.6 is 0 Å². The Morgan fingerprint density at radius 1 is 1.19 bits per heavy atom. The minimum atomic E-state index is -0.312. The lowest BCUT2D eigenvalue weighted by molar-refractivity contribution is -0.113. The molecule has 0 aromatic carbocycles. The molecule has 3 heteroatoms. The third-order valence-corrected chi connectivity index (χ3v) is 3.35. The molecule has 0 bridgehead atoms. The van der Waals surface area contributed by atoms with Crippen LogP contribution in [0.25, 0.3) is 0 Å². The first-order chi connectivity index (χ1) is 7.32. The van der Waals surface area contributed by atoms with Crippen molar-refractivity contribution in [2.75, 3.05) is 13.2 Å². The van der Waals surface area contributed by atoms with Gasteiger partial charge in [-0.1, -0.05) is 34.6 Å². The van der Waals surface area contributed by atoms with Crippen LogP contribution < -0.4 is 0 Å². The zero-order valence-corrected chi connectivity index (χ0v) is 11.2. The van der Waals surface area contributed by atoms with Gasteiger partial charge in [-0.25, -0.2) is 0 Å². The normalized spacial score (nSPS) is 22.7. The van der Waals surface area contributed by atoms with Gasteiger partial charge in [0.2, 0.25) is 0 Å². The van der Waals surface area contributed by atoms with Crippen molar-refractivity contribution in [1.82, 2.24) is 0 Å². The highest BCUT2D eigenvalue weighted by atomic mass is 16.7. The summed E-state index contributed by atoms with van der Waals surface area (Å²) in [5.41, 5.74) is -0.0776. The molecule has 1 saturated heterocycles. The molecule has 1 aliphatic rings. The number of ether oxygens (including phenoxy) is 2. The number of rotatable bonds is 4. The van der Waals surface area contributed by atoms with E-state index in [0.29, 0.717) is 19.1 Å². The highest BCUT2D eigenvalue weighted by Gasteiger charge is 2.34. The van der Waals surface area contributed by atoms with Crippen LogP contribution in [0.2, 0.25) is 0 Å². The maximum Gasteiger partial charge on any atom is 0.160 e. The lowest BCUT2D eigenvalue weighted by Gasteiger charge is -2.33. The van der Waals surface area contributed by atoms with Crippen molar-refractivity contribution in [1.29, 1.82) is 0 Å². The first-order valence-corrected chi connectivity index (χ1v) is 6.23. The molecule has 3 nitrogen and oxygen atoms in total. The van der Waals surface area contributed by atoms with E-state index in [0.717, 1.165) is 6.42 Å². The van der Waals surface area contributed by atoms with Gasteiger partial charge in [-0.05, 0) is 17.8 Å². The van der Waals surface area contributed by atoms with Gasteiger partial charge < -0.3 is 14.6 Å². The average molecular weight is 230 g/mol. The van der Waals surface area contributed by atoms with E-state index in [4.69, 9.17) is 9.47 Å². The molecule has 1 rings (SSSR count). The summed E-state index contributed by atoms with van der Waals surface area (Å²) < 4.78 is 11.1. The van der Waals surface area contributed by atoms with Gasteiger partial charge in [0, 0.05) is 5.92 Å². The van der Waals surface area contributed by atoms with Crippen LogP contribution in [0.5, 0.6) is 0 Å². The molecule has 0 aromatic rings. The predicted molar refractivity (Wildman–Crippen MR) is 64.1 cm³/mol. The number of aliphatic hydroxyl groups excluding tert-OH is 1. The molecular weight excluding hydrogens is 204 g/mol. The summed E-state index contributed by atoms with van der Waals surface area (Å²) in [5, 5.41) is 10.2. The van der Waals surface area contributed by atoms with E-state index < -0.39 is 0 Å². The second-order valence-corrected chi connectivity index (χ2v) is 6.14. The van der Waals surface area contributed by atoms with Crippen LogP contribution in [0, 0.1) is 17.3 Å². The van der Waals surface area contributed by atoms with Crippen LogP contribution in [0.3, 0.4) is 0 Å². The second-order valence-electron chi connectivity index (χ2n) is 6.14. The summed E-state index contributed by atoms with van der Waals surface area (Å²) in [7, 11) is 0. The maximum absolute atomic E-state index is 10.2. The molecule has 2 unspecified atom stereocenters. The lowest BCUT2D eigenvalue weighted by atomic mass is 9.80. The Bertz CT molecular complexity index is 202. The quantitative estimate of drug-likeness (QED) is 0.806. The molecule has 1 heterocycles. The zero-order valence-electron chi connectivity index (χ0n) is 11.2. The molecule has 1 N–H and O–H groups in total. The summed E-state index contributed by atoms with van der Waals surface area (Å²) >= 11 is 0. The van der Waals surface area contributed by atoms with E-state index in [1.807, 2.05) is 0 Å². The molecule has 16 heavy (non-hydrogen) atoms. The monoisotopic (exact) mass is 230 g/mol. The van der Waals surface area contributed by atoms with Crippen molar-refractivity contribution in [3.63, 3.8) is 0 Å². The first kappa shape index (κ1) is 13.9. The van der Waals surface area contributed by atoms with Crippen LogP contribution in [0.1, 0.15) is 41.0 Å². The second kappa shape index (κ2) is 5.48. The molecule has 0 spiro atoms. The van der Waals surface area contributed by atoms with E-state index in [1.165, 1.54) is 0 Å². The minimum Gasteiger partial charge on any atom is -0.393 e. The Labute approximate surface area is 99.1 Å². The number of hydrogen-bond acceptors (Lipinski definition) is 3. The topological polar surface area (TPSA) is 38.7 Å². The van der Waals surface area contributed by atoms with Gasteiger partial charge in [0.1, 0.15) is 0 Å². The van der Waals surface area contributed by atoms with Gasteiger partial charge in [-0.3, -0.25) is 0 Å². The van der Waals surface area contributed by atoms with Gasteiger partial charge in [-0.2, -0.15) is 0 Å². The van der Waals surface area contributed by atoms with Crippen molar-refractivity contribution in [2.24, 2.45) is 17.3 Å². The molecule has 1 aliphatic heterocycles. The van der Waals surface area contributed by atoms with Gasteiger partial charge in [0.25, 0.3) is 0 Å². The summed E-state index contributed by atoms with van der Waals surface area (Å²) in [6.45, 7) is 11.9. The molecule has 0 aliphatic carbocycles. The largest absolute Gasteiger partial charge is 0.393 e. The Kier molecular flexibility index (Phi) is 4.77. The Hall–Kier alpha value is -0.120. The fraction of sp³-hybridized carbons (Fsp3) is 1.00. The van der Waals surface area contributed by atoms with E-state index in [1.54, 1.807) is 0 Å². The van der Waals surface area contributed by atoms with E-state index >= 15 is 0 Å². The molecule has 0 radical (unpaired) electrons. The van der Waals surface area contributed by atoms with E-state index in [2.05, 4.69) is 34.6 Å². The molecule has 1 fully saturated rings. The molecule has 96 valence electrons. The van der Waals surface area contributed by atoms with Gasteiger partial charge in [0.05, 0.1) is 19.3 Å². The van der Waals surface area contributed by atoms with Crippen molar-refractivity contribution < 1.29 is 14.6 Å². The van der Waals surface area contributed by atoms with E-state index in [-0.39, 0.29) is 23.7 Å². The zero-order chi connectivity index (χ0) is 12.3.